The Bertz CT molecular complexity index is 1400. The Kier molecular flexibility index (Phi) is 4.70. The second-order valence-corrected chi connectivity index (χ2v) is 9.83. The van der Waals surface area contributed by atoms with Crippen molar-refractivity contribution in [1.29, 1.82) is 0 Å². The minimum absolute atomic E-state index is 0.724. The van der Waals surface area contributed by atoms with Crippen molar-refractivity contribution in [3.8, 4) is 10.6 Å². The van der Waals surface area contributed by atoms with Gasteiger partial charge in [-0.1, -0.05) is 42.5 Å². The van der Waals surface area contributed by atoms with Crippen LogP contribution < -0.4 is 5.46 Å². The lowest BCUT2D eigenvalue weighted by molar-refractivity contribution is -0.0893. The predicted molar refractivity (Wildman–Crippen MR) is 129 cm³/mol. The molecule has 6 heteroatoms. The van der Waals surface area contributed by atoms with Crippen LogP contribution in [0.4, 0.5) is 0 Å². The van der Waals surface area contributed by atoms with Crippen molar-refractivity contribution < 1.29 is 14.2 Å². The Balaban J connectivity index is 1.55. The third-order valence-electron chi connectivity index (χ3n) is 6.00. The van der Waals surface area contributed by atoms with Crippen LogP contribution in [0.3, 0.4) is 0 Å². The monoisotopic (exact) mass is 428 g/mol. The smallest absolute Gasteiger partial charge is 0.331 e. The minimum atomic E-state index is -0.971. The number of nitrogens with zero attached hydrogens (tertiary/aromatic N) is 1. The SMILES string of the molecule is CC(C)(O)C(C)(C)O[B]c1ccc2c(c1)oc1ccc3nc(-c4ccccc4)sc3c12. The van der Waals surface area contributed by atoms with Crippen molar-refractivity contribution in [3.63, 3.8) is 0 Å². The molecule has 0 atom stereocenters. The van der Waals surface area contributed by atoms with E-state index in [4.69, 9.17) is 14.1 Å². The van der Waals surface area contributed by atoms with Gasteiger partial charge in [0, 0.05) is 16.3 Å². The molecule has 5 rings (SSSR count). The molecule has 1 N–H and O–H groups in total. The molecule has 1 radical (unpaired) electrons. The summed E-state index contributed by atoms with van der Waals surface area (Å²) in [7, 11) is 1.68. The van der Waals surface area contributed by atoms with Gasteiger partial charge in [0.05, 0.1) is 21.4 Å². The van der Waals surface area contributed by atoms with Crippen molar-refractivity contribution >= 4 is 56.4 Å². The van der Waals surface area contributed by atoms with E-state index < -0.39 is 11.2 Å². The third kappa shape index (κ3) is 3.55. The Hall–Kier alpha value is -2.67. The molecule has 155 valence electrons. The third-order valence-corrected chi connectivity index (χ3v) is 7.14. The largest absolute Gasteiger partial charge is 0.456 e. The van der Waals surface area contributed by atoms with Gasteiger partial charge in [0.1, 0.15) is 16.2 Å². The lowest BCUT2D eigenvalue weighted by Gasteiger charge is -2.37. The van der Waals surface area contributed by atoms with E-state index in [-0.39, 0.29) is 0 Å². The van der Waals surface area contributed by atoms with Crippen LogP contribution in [0.15, 0.2) is 65.1 Å². The fourth-order valence-corrected chi connectivity index (χ4v) is 4.52. The second-order valence-electron chi connectivity index (χ2n) is 8.83. The standard InChI is InChI=1S/C25H23BNO3S/c1-24(2,28)25(3,4)30-26-16-10-11-17-20(14-16)29-19-13-12-18-22(21(17)19)31-23(27-18)15-8-6-5-7-9-15/h5-14,28H,1-4H3. The highest BCUT2D eigenvalue weighted by molar-refractivity contribution is 7.22. The van der Waals surface area contributed by atoms with Gasteiger partial charge in [0.15, 0.2) is 0 Å². The van der Waals surface area contributed by atoms with Crippen LogP contribution in [0, 0.1) is 0 Å². The van der Waals surface area contributed by atoms with Crippen LogP contribution >= 0.6 is 11.3 Å². The van der Waals surface area contributed by atoms with Gasteiger partial charge < -0.3 is 14.2 Å². The summed E-state index contributed by atoms with van der Waals surface area (Å²) in [6.45, 7) is 7.22. The van der Waals surface area contributed by atoms with E-state index in [1.807, 2.05) is 56.3 Å². The van der Waals surface area contributed by atoms with E-state index in [1.54, 1.807) is 32.7 Å². The van der Waals surface area contributed by atoms with Crippen LogP contribution in [-0.2, 0) is 4.65 Å². The van der Waals surface area contributed by atoms with Crippen LogP contribution in [0.2, 0.25) is 0 Å². The van der Waals surface area contributed by atoms with Gasteiger partial charge in [-0.05, 0) is 51.4 Å². The zero-order chi connectivity index (χ0) is 21.8. The molecule has 2 heterocycles. The van der Waals surface area contributed by atoms with E-state index >= 15 is 0 Å². The lowest BCUT2D eigenvalue weighted by Crippen LogP contribution is -2.49. The summed E-state index contributed by atoms with van der Waals surface area (Å²) in [5.41, 5.74) is 2.93. The fraction of sp³-hybridized carbons (Fsp3) is 0.240. The van der Waals surface area contributed by atoms with Crippen molar-refractivity contribution in [2.75, 3.05) is 0 Å². The molecular formula is C25H23BNO3S. The fourth-order valence-electron chi connectivity index (χ4n) is 3.40. The molecule has 0 aliphatic rings. The lowest BCUT2D eigenvalue weighted by atomic mass is 9.82. The molecule has 4 nitrogen and oxygen atoms in total. The van der Waals surface area contributed by atoms with Crippen LogP contribution in [0.25, 0.3) is 42.7 Å². The number of thiazole rings is 1. The summed E-state index contributed by atoms with van der Waals surface area (Å²) in [5, 5.41) is 13.5. The minimum Gasteiger partial charge on any atom is -0.456 e. The molecule has 0 amide bonds. The molecule has 0 saturated carbocycles. The van der Waals surface area contributed by atoms with Crippen LogP contribution in [0.1, 0.15) is 27.7 Å². The molecule has 2 aromatic heterocycles. The van der Waals surface area contributed by atoms with Gasteiger partial charge in [0.2, 0.25) is 0 Å². The number of furan rings is 1. The second kappa shape index (κ2) is 7.19. The Morgan fingerprint density at radius 1 is 0.968 bits per heavy atom. The Morgan fingerprint density at radius 2 is 1.74 bits per heavy atom. The average Bonchev–Trinajstić information content (AvgIpc) is 3.32. The van der Waals surface area contributed by atoms with Crippen molar-refractivity contribution in [2.45, 2.75) is 38.9 Å². The van der Waals surface area contributed by atoms with E-state index in [2.05, 4.69) is 18.2 Å². The van der Waals surface area contributed by atoms with Crippen molar-refractivity contribution in [2.24, 2.45) is 0 Å². The summed E-state index contributed by atoms with van der Waals surface area (Å²) in [6, 6.07) is 20.3. The van der Waals surface area contributed by atoms with E-state index in [0.29, 0.717) is 0 Å². The van der Waals surface area contributed by atoms with E-state index in [9.17, 15) is 5.11 Å². The van der Waals surface area contributed by atoms with Crippen molar-refractivity contribution in [1.82, 2.24) is 4.98 Å². The summed E-state index contributed by atoms with van der Waals surface area (Å²) in [4.78, 5) is 4.84. The van der Waals surface area contributed by atoms with Crippen LogP contribution in [-0.4, -0.2) is 28.8 Å². The first kappa shape index (κ1) is 20.2. The van der Waals surface area contributed by atoms with Gasteiger partial charge in [0.25, 0.3) is 0 Å². The molecule has 0 aliphatic carbocycles. The predicted octanol–water partition coefficient (Wildman–Crippen LogP) is 5.67. The van der Waals surface area contributed by atoms with Gasteiger partial charge in [-0.2, -0.15) is 0 Å². The maximum atomic E-state index is 10.3. The molecule has 31 heavy (non-hydrogen) atoms. The zero-order valence-electron chi connectivity index (χ0n) is 18.0. The van der Waals surface area contributed by atoms with Gasteiger partial charge >= 0.3 is 7.48 Å². The highest BCUT2D eigenvalue weighted by Crippen LogP contribution is 2.39. The molecule has 0 spiro atoms. The summed E-state index contributed by atoms with van der Waals surface area (Å²) < 4.78 is 13.2. The topological polar surface area (TPSA) is 55.5 Å². The number of fused-ring (bicyclic) bond motifs is 5. The van der Waals surface area contributed by atoms with Crippen molar-refractivity contribution in [3.05, 3.63) is 60.7 Å². The molecule has 0 bridgehead atoms. The zero-order valence-corrected chi connectivity index (χ0v) is 18.8. The van der Waals surface area contributed by atoms with E-state index in [0.717, 1.165) is 48.2 Å². The first-order valence-corrected chi connectivity index (χ1v) is 11.1. The number of hydrogen-bond donors (Lipinski definition) is 1. The van der Waals surface area contributed by atoms with Gasteiger partial charge in [-0.25, -0.2) is 4.98 Å². The number of benzene rings is 3. The Labute approximate surface area is 185 Å². The number of rotatable bonds is 5. The first-order valence-electron chi connectivity index (χ1n) is 10.3. The highest BCUT2D eigenvalue weighted by atomic mass is 32.1. The molecule has 3 aromatic carbocycles. The maximum Gasteiger partial charge on any atom is 0.331 e. The normalized spacial score (nSPS) is 12.8. The molecule has 0 unspecified atom stereocenters. The first-order chi connectivity index (χ1) is 14.7. The van der Waals surface area contributed by atoms with Crippen LogP contribution in [0.5, 0.6) is 0 Å². The van der Waals surface area contributed by atoms with Gasteiger partial charge in [-0.15, -0.1) is 11.3 Å². The summed E-state index contributed by atoms with van der Waals surface area (Å²) in [5.74, 6) is 0. The summed E-state index contributed by atoms with van der Waals surface area (Å²) >= 11 is 1.69. The average molecular weight is 428 g/mol. The quantitative estimate of drug-likeness (QED) is 0.367. The molecule has 0 aliphatic heterocycles. The Morgan fingerprint density at radius 3 is 2.48 bits per heavy atom. The number of hydrogen-bond acceptors (Lipinski definition) is 5. The highest BCUT2D eigenvalue weighted by Gasteiger charge is 2.35. The van der Waals surface area contributed by atoms with Gasteiger partial charge in [-0.3, -0.25) is 0 Å². The maximum absolute atomic E-state index is 10.3. The summed E-state index contributed by atoms with van der Waals surface area (Å²) in [6.07, 6.45) is 0. The number of aromatic nitrogens is 1. The molecular weight excluding hydrogens is 405 g/mol. The molecule has 0 saturated heterocycles. The molecule has 0 fully saturated rings. The molecule has 5 aromatic rings. The number of aliphatic hydroxyl groups is 1. The van der Waals surface area contributed by atoms with E-state index in [1.165, 1.54) is 0 Å².